The van der Waals surface area contributed by atoms with Crippen molar-refractivity contribution in [2.45, 2.75) is 36.9 Å². The molecule has 0 spiro atoms. The summed E-state index contributed by atoms with van der Waals surface area (Å²) in [5.74, 6) is -0.187. The van der Waals surface area contributed by atoms with Gasteiger partial charge in [-0.1, -0.05) is 61.2 Å². The van der Waals surface area contributed by atoms with Crippen molar-refractivity contribution in [2.75, 3.05) is 16.0 Å². The molecule has 5 rings (SSSR count). The van der Waals surface area contributed by atoms with E-state index < -0.39 is 5.92 Å². The van der Waals surface area contributed by atoms with E-state index in [-0.39, 0.29) is 28.7 Å². The maximum Gasteiger partial charge on any atom is 0.234 e. The van der Waals surface area contributed by atoms with Crippen LogP contribution in [0.3, 0.4) is 0 Å². The lowest BCUT2D eigenvalue weighted by molar-refractivity contribution is -0.118. The quantitative estimate of drug-likeness (QED) is 0.399. The summed E-state index contributed by atoms with van der Waals surface area (Å²) in [4.78, 5) is 28.5. The van der Waals surface area contributed by atoms with Crippen molar-refractivity contribution in [3.05, 3.63) is 75.4 Å². The van der Waals surface area contributed by atoms with Gasteiger partial charge >= 0.3 is 0 Å². The molecule has 1 amide bonds. The Morgan fingerprint density at radius 2 is 2.03 bits per heavy atom. The van der Waals surface area contributed by atoms with Crippen LogP contribution in [0.2, 0.25) is 0 Å². The largest absolute Gasteiger partial charge is 0.384 e. The van der Waals surface area contributed by atoms with Crippen molar-refractivity contribution >= 4 is 56.9 Å². The fraction of sp³-hybridized carbons (Fsp3) is 0.269. The Hall–Kier alpha value is -3.46. The van der Waals surface area contributed by atoms with Crippen LogP contribution in [0.1, 0.15) is 37.5 Å². The number of Topliss-reactive ketones (excluding diaryl/α,β-unsaturated/α-hetero) is 1. The molecule has 1 aliphatic carbocycles. The van der Waals surface area contributed by atoms with Crippen molar-refractivity contribution in [1.82, 2.24) is 10.2 Å². The van der Waals surface area contributed by atoms with E-state index in [0.29, 0.717) is 33.5 Å². The van der Waals surface area contributed by atoms with Crippen molar-refractivity contribution < 1.29 is 9.59 Å². The molecule has 2 aromatic heterocycles. The molecule has 188 valence electrons. The molecule has 0 fully saturated rings. The Kier molecular flexibility index (Phi) is 6.90. The molecule has 0 radical (unpaired) electrons. The SMILES string of the molecule is CC1(C)CC(=O)C2=C(C1)N(c1nnc(SCC(=O)Nc3ccccc3)s1)C(N)=C(C#N)C2c1cccs1. The number of nitriles is 1. The maximum absolute atomic E-state index is 13.5. The van der Waals surface area contributed by atoms with E-state index in [0.717, 1.165) is 16.3 Å². The van der Waals surface area contributed by atoms with Gasteiger partial charge in [0.15, 0.2) is 10.1 Å². The minimum absolute atomic E-state index is 0.0200. The molecule has 3 N–H and O–H groups in total. The number of hydrogen-bond donors (Lipinski definition) is 2. The fourth-order valence-corrected chi connectivity index (χ4v) is 7.19. The number of hydrogen-bond acceptors (Lipinski definition) is 10. The molecular formula is C26H24N6O2S3. The smallest absolute Gasteiger partial charge is 0.234 e. The zero-order valence-corrected chi connectivity index (χ0v) is 22.7. The molecule has 3 aromatic rings. The van der Waals surface area contributed by atoms with Gasteiger partial charge in [0.1, 0.15) is 5.82 Å². The number of thiophene rings is 1. The molecular weight excluding hydrogens is 525 g/mol. The van der Waals surface area contributed by atoms with E-state index in [1.54, 1.807) is 4.90 Å². The molecule has 0 bridgehead atoms. The first kappa shape index (κ1) is 25.2. The normalized spacial score (nSPS) is 19.0. The van der Waals surface area contributed by atoms with Gasteiger partial charge in [-0.15, -0.1) is 21.5 Å². The van der Waals surface area contributed by atoms with Gasteiger partial charge in [-0.3, -0.25) is 14.5 Å². The molecule has 0 saturated heterocycles. The molecule has 1 atom stereocenters. The highest BCUT2D eigenvalue weighted by molar-refractivity contribution is 8.01. The number of nitrogens with one attached hydrogen (secondary N) is 1. The first-order valence-corrected chi connectivity index (χ1v) is 14.3. The highest BCUT2D eigenvalue weighted by Gasteiger charge is 2.45. The van der Waals surface area contributed by atoms with Crippen LogP contribution in [-0.2, 0) is 9.59 Å². The average Bonchev–Trinajstić information content (AvgIpc) is 3.54. The standard InChI is InChI=1S/C26H24N6O2S3/c1-26(2)11-17-22(18(33)12-26)21(19-9-6-10-35-19)16(13-27)23(28)32(17)24-30-31-25(37-24)36-14-20(34)29-15-7-4-3-5-8-15/h3-10,21H,11-12,14,28H2,1-2H3,(H,29,34). The topological polar surface area (TPSA) is 125 Å². The van der Waals surface area contributed by atoms with Crippen molar-refractivity contribution in [1.29, 1.82) is 5.26 Å². The number of aromatic nitrogens is 2. The first-order valence-electron chi connectivity index (χ1n) is 11.6. The fourth-order valence-electron chi connectivity index (χ4n) is 4.66. The van der Waals surface area contributed by atoms with E-state index >= 15 is 0 Å². The highest BCUT2D eigenvalue weighted by Crippen LogP contribution is 2.51. The maximum atomic E-state index is 13.5. The van der Waals surface area contributed by atoms with Crippen LogP contribution in [0.25, 0.3) is 0 Å². The predicted molar refractivity (Wildman–Crippen MR) is 147 cm³/mol. The molecule has 37 heavy (non-hydrogen) atoms. The number of nitrogens with zero attached hydrogens (tertiary/aromatic N) is 4. The minimum atomic E-state index is -0.483. The molecule has 8 nitrogen and oxygen atoms in total. The monoisotopic (exact) mass is 548 g/mol. The minimum Gasteiger partial charge on any atom is -0.384 e. The summed E-state index contributed by atoms with van der Waals surface area (Å²) < 4.78 is 0.591. The molecule has 2 aliphatic rings. The molecule has 1 unspecified atom stereocenters. The van der Waals surface area contributed by atoms with E-state index in [4.69, 9.17) is 5.73 Å². The Balaban J connectivity index is 1.46. The number of nitrogens with two attached hydrogens (primary N) is 1. The molecule has 1 aliphatic heterocycles. The summed E-state index contributed by atoms with van der Waals surface area (Å²) in [5, 5.41) is 24.0. The number of amides is 1. The van der Waals surface area contributed by atoms with Crippen LogP contribution in [0.15, 0.2) is 74.8 Å². The Bertz CT molecular complexity index is 1450. The second-order valence-electron chi connectivity index (χ2n) is 9.55. The Labute approximate surface area is 226 Å². The molecule has 1 aromatic carbocycles. The third kappa shape index (κ3) is 5.05. The Morgan fingerprint density at radius 3 is 2.73 bits per heavy atom. The van der Waals surface area contributed by atoms with Gasteiger partial charge in [0, 0.05) is 28.3 Å². The number of anilines is 2. The third-order valence-corrected chi connectivity index (χ3v) is 9.16. The summed E-state index contributed by atoms with van der Waals surface area (Å²) in [6, 6.07) is 15.4. The van der Waals surface area contributed by atoms with Gasteiger partial charge in [-0.2, -0.15) is 5.26 Å². The zero-order valence-electron chi connectivity index (χ0n) is 20.2. The first-order chi connectivity index (χ1) is 17.8. The number of ketones is 1. The molecule has 3 heterocycles. The molecule has 0 saturated carbocycles. The van der Waals surface area contributed by atoms with Gasteiger partial charge in [-0.25, -0.2) is 0 Å². The van der Waals surface area contributed by atoms with Crippen LogP contribution in [0, 0.1) is 16.7 Å². The van der Waals surface area contributed by atoms with Gasteiger partial charge in [-0.05, 0) is 35.4 Å². The predicted octanol–water partition coefficient (Wildman–Crippen LogP) is 5.27. The summed E-state index contributed by atoms with van der Waals surface area (Å²) in [6.45, 7) is 4.11. The van der Waals surface area contributed by atoms with E-state index in [1.165, 1.54) is 34.4 Å². The second-order valence-corrected chi connectivity index (χ2v) is 12.7. The lowest BCUT2D eigenvalue weighted by atomic mass is 9.70. The van der Waals surface area contributed by atoms with Crippen LogP contribution < -0.4 is 16.0 Å². The second kappa shape index (κ2) is 10.1. The lowest BCUT2D eigenvalue weighted by Crippen LogP contribution is -2.42. The van der Waals surface area contributed by atoms with E-state index in [1.807, 2.05) is 47.8 Å². The van der Waals surface area contributed by atoms with E-state index in [9.17, 15) is 14.9 Å². The highest BCUT2D eigenvalue weighted by atomic mass is 32.2. The molecule has 11 heteroatoms. The number of allylic oxidation sites excluding steroid dienone is 3. The number of rotatable bonds is 6. The van der Waals surface area contributed by atoms with Crippen LogP contribution in [-0.4, -0.2) is 27.6 Å². The van der Waals surface area contributed by atoms with Crippen molar-refractivity contribution in [3.8, 4) is 6.07 Å². The number of benzene rings is 1. The van der Waals surface area contributed by atoms with Crippen molar-refractivity contribution in [2.24, 2.45) is 11.1 Å². The third-order valence-electron chi connectivity index (χ3n) is 6.18. The number of carbonyl (C=O) groups excluding carboxylic acids is 2. The van der Waals surface area contributed by atoms with Crippen LogP contribution >= 0.6 is 34.4 Å². The average molecular weight is 549 g/mol. The number of thioether (sulfide) groups is 1. The van der Waals surface area contributed by atoms with E-state index in [2.05, 4.69) is 35.4 Å². The lowest BCUT2D eigenvalue weighted by Gasteiger charge is -2.42. The number of para-hydroxylation sites is 1. The van der Waals surface area contributed by atoms with Crippen molar-refractivity contribution in [3.63, 3.8) is 0 Å². The van der Waals surface area contributed by atoms with Gasteiger partial charge in [0.25, 0.3) is 0 Å². The van der Waals surface area contributed by atoms with Gasteiger partial charge in [0.05, 0.1) is 23.3 Å². The van der Waals surface area contributed by atoms with Crippen LogP contribution in [0.4, 0.5) is 10.8 Å². The summed E-state index contributed by atoms with van der Waals surface area (Å²) in [7, 11) is 0. The summed E-state index contributed by atoms with van der Waals surface area (Å²) >= 11 is 4.06. The summed E-state index contributed by atoms with van der Waals surface area (Å²) in [5.41, 5.74) is 8.80. The number of carbonyl (C=O) groups is 2. The Morgan fingerprint density at radius 1 is 1.24 bits per heavy atom. The summed E-state index contributed by atoms with van der Waals surface area (Å²) in [6.07, 6.45) is 1.00. The van der Waals surface area contributed by atoms with Crippen LogP contribution in [0.5, 0.6) is 0 Å². The zero-order chi connectivity index (χ0) is 26.2. The van der Waals surface area contributed by atoms with Gasteiger partial charge < -0.3 is 11.1 Å². The van der Waals surface area contributed by atoms with Gasteiger partial charge in [0.2, 0.25) is 11.0 Å².